The van der Waals surface area contributed by atoms with Crippen LogP contribution >= 0.6 is 11.8 Å². The number of hydrogen-bond acceptors (Lipinski definition) is 4. The highest BCUT2D eigenvalue weighted by Crippen LogP contribution is 2.42. The van der Waals surface area contributed by atoms with Gasteiger partial charge in [0.05, 0.1) is 10.6 Å². The predicted molar refractivity (Wildman–Crippen MR) is 131 cm³/mol. The average Bonchev–Trinajstić information content (AvgIpc) is 2.81. The zero-order valence-electron chi connectivity index (χ0n) is 18.9. The van der Waals surface area contributed by atoms with Crippen molar-refractivity contribution in [2.75, 3.05) is 37.6 Å². The van der Waals surface area contributed by atoms with Gasteiger partial charge >= 0.3 is 0 Å². The van der Waals surface area contributed by atoms with E-state index < -0.39 is 0 Å². The number of rotatable bonds is 7. The summed E-state index contributed by atoms with van der Waals surface area (Å²) in [6, 6.07) is 13.8. The quantitative estimate of drug-likeness (QED) is 0.480. The molecule has 0 radical (unpaired) electrons. The molecular weight excluding hydrogens is 437 g/mol. The van der Waals surface area contributed by atoms with Crippen LogP contribution in [0, 0.1) is 11.7 Å². The highest BCUT2D eigenvalue weighted by molar-refractivity contribution is 8.04. The van der Waals surface area contributed by atoms with Crippen molar-refractivity contribution in [2.45, 2.75) is 31.1 Å². The van der Waals surface area contributed by atoms with Gasteiger partial charge in [-0.05, 0) is 62.5 Å². The van der Waals surface area contributed by atoms with Gasteiger partial charge in [0.2, 0.25) is 5.91 Å². The summed E-state index contributed by atoms with van der Waals surface area (Å²) in [7, 11) is 0. The van der Waals surface area contributed by atoms with Crippen molar-refractivity contribution in [1.82, 2.24) is 10.2 Å². The molecular formula is C26H30FN3O2S. The number of para-hydroxylation sites is 1. The number of amides is 2. The number of nitrogens with one attached hydrogen (secondary N) is 1. The van der Waals surface area contributed by atoms with Crippen LogP contribution in [0.2, 0.25) is 0 Å². The van der Waals surface area contributed by atoms with E-state index in [1.807, 2.05) is 24.3 Å². The molecule has 0 bridgehead atoms. The first-order valence-corrected chi connectivity index (χ1v) is 12.4. The second-order valence-corrected chi connectivity index (χ2v) is 9.83. The Labute approximate surface area is 199 Å². The zero-order valence-corrected chi connectivity index (χ0v) is 19.7. The third-order valence-corrected chi connectivity index (χ3v) is 7.12. The molecule has 174 valence electrons. The molecule has 2 amide bonds. The summed E-state index contributed by atoms with van der Waals surface area (Å²) in [6.07, 6.45) is 4.98. The Kier molecular flexibility index (Phi) is 7.83. The molecule has 1 saturated heterocycles. The summed E-state index contributed by atoms with van der Waals surface area (Å²) in [5.41, 5.74) is 1.06. The summed E-state index contributed by atoms with van der Waals surface area (Å²) >= 11 is 1.30. The van der Waals surface area contributed by atoms with Crippen molar-refractivity contribution >= 4 is 35.3 Å². The molecule has 2 aliphatic heterocycles. The van der Waals surface area contributed by atoms with E-state index >= 15 is 0 Å². The molecule has 33 heavy (non-hydrogen) atoms. The monoisotopic (exact) mass is 467 g/mol. The number of likely N-dealkylation sites (tertiary alicyclic amines) is 1. The van der Waals surface area contributed by atoms with Gasteiger partial charge in [-0.15, -0.1) is 0 Å². The lowest BCUT2D eigenvalue weighted by Gasteiger charge is -2.31. The highest BCUT2D eigenvalue weighted by atomic mass is 32.2. The minimum Gasteiger partial charge on any atom is -0.355 e. The van der Waals surface area contributed by atoms with Gasteiger partial charge in [-0.3, -0.25) is 14.5 Å². The van der Waals surface area contributed by atoms with Crippen LogP contribution in [0.3, 0.4) is 0 Å². The van der Waals surface area contributed by atoms with E-state index in [1.165, 1.54) is 35.6 Å². The van der Waals surface area contributed by atoms with Gasteiger partial charge in [0, 0.05) is 23.5 Å². The summed E-state index contributed by atoms with van der Waals surface area (Å²) in [6.45, 7) is 6.04. The number of fused-ring (bicyclic) bond motifs is 1. The summed E-state index contributed by atoms with van der Waals surface area (Å²) in [5.74, 6) is -0.130. The molecule has 1 fully saturated rings. The van der Waals surface area contributed by atoms with Crippen LogP contribution < -0.4 is 10.2 Å². The smallest absolute Gasteiger partial charge is 0.265 e. The Morgan fingerprint density at radius 1 is 1.21 bits per heavy atom. The highest BCUT2D eigenvalue weighted by Gasteiger charge is 2.30. The number of hydrogen-bond donors (Lipinski definition) is 1. The Bertz CT molecular complexity index is 1040. The molecule has 0 unspecified atom stereocenters. The number of carbonyl (C=O) groups excluding carboxylic acids is 2. The number of anilines is 1. The largest absolute Gasteiger partial charge is 0.355 e. The van der Waals surface area contributed by atoms with Crippen molar-refractivity contribution in [2.24, 2.45) is 5.92 Å². The standard InChI is InChI=1S/C26H30FN3O2S/c1-19-8-6-14-29(17-19)15-7-13-28-25(31)18-30-22-11-4-5-12-23(22)33-24(26(30)32)16-20-9-2-3-10-21(20)27/h2-5,9-12,16,19H,6-8,13-15,17-18H2,1H3,(H,28,31)/b24-16-/t19-/m1/s1. The van der Waals surface area contributed by atoms with E-state index in [0.29, 0.717) is 22.7 Å². The molecule has 1 atom stereocenters. The SMILES string of the molecule is C[C@@H]1CCCN(CCCNC(=O)CN2C(=O)/C(=C/c3ccccc3F)Sc3ccccc32)C1. The van der Waals surface area contributed by atoms with E-state index in [2.05, 4.69) is 17.1 Å². The maximum Gasteiger partial charge on any atom is 0.265 e. The van der Waals surface area contributed by atoms with Gasteiger partial charge in [0.1, 0.15) is 12.4 Å². The normalized spacial score (nSPS) is 20.1. The molecule has 2 heterocycles. The maximum absolute atomic E-state index is 14.2. The van der Waals surface area contributed by atoms with Crippen LogP contribution in [0.15, 0.2) is 58.3 Å². The molecule has 2 aromatic carbocycles. The Morgan fingerprint density at radius 2 is 2.00 bits per heavy atom. The predicted octanol–water partition coefficient (Wildman–Crippen LogP) is 4.54. The van der Waals surface area contributed by atoms with Gasteiger partial charge in [-0.2, -0.15) is 0 Å². The maximum atomic E-state index is 14.2. The van der Waals surface area contributed by atoms with Gasteiger partial charge in [0.25, 0.3) is 5.91 Å². The fraction of sp³-hybridized carbons (Fsp3) is 0.385. The Morgan fingerprint density at radius 3 is 2.82 bits per heavy atom. The number of nitrogens with zero attached hydrogens (tertiary/aromatic N) is 2. The first kappa shape index (κ1) is 23.5. The third-order valence-electron chi connectivity index (χ3n) is 6.04. The van der Waals surface area contributed by atoms with Gasteiger partial charge in [-0.1, -0.05) is 49.0 Å². The molecule has 0 aromatic heterocycles. The molecule has 0 saturated carbocycles. The van der Waals surface area contributed by atoms with Crippen molar-refractivity contribution in [3.8, 4) is 0 Å². The molecule has 0 spiro atoms. The van der Waals surface area contributed by atoms with Gasteiger partial charge in [0.15, 0.2) is 0 Å². The van der Waals surface area contributed by atoms with Crippen LogP contribution in [-0.4, -0.2) is 49.4 Å². The summed E-state index contributed by atoms with van der Waals surface area (Å²) in [4.78, 5) is 31.1. The van der Waals surface area contributed by atoms with Crippen molar-refractivity contribution < 1.29 is 14.0 Å². The number of piperidine rings is 1. The molecule has 1 N–H and O–H groups in total. The van der Waals surface area contributed by atoms with Crippen molar-refractivity contribution in [1.29, 1.82) is 0 Å². The second-order valence-electron chi connectivity index (χ2n) is 8.74. The summed E-state index contributed by atoms with van der Waals surface area (Å²) in [5, 5.41) is 2.96. The Balaban J connectivity index is 1.39. The fourth-order valence-corrected chi connectivity index (χ4v) is 5.42. The van der Waals surface area contributed by atoms with Crippen LogP contribution in [0.5, 0.6) is 0 Å². The Hall–Kier alpha value is -2.64. The number of carbonyl (C=O) groups is 2. The van der Waals surface area contributed by atoms with Crippen molar-refractivity contribution in [3.63, 3.8) is 0 Å². The molecule has 7 heteroatoms. The molecule has 4 rings (SSSR count). The lowest BCUT2D eigenvalue weighted by molar-refractivity contribution is -0.122. The van der Waals surface area contributed by atoms with E-state index in [1.54, 1.807) is 24.3 Å². The van der Waals surface area contributed by atoms with Gasteiger partial charge in [-0.25, -0.2) is 4.39 Å². The first-order valence-electron chi connectivity index (χ1n) is 11.6. The molecule has 2 aromatic rings. The zero-order chi connectivity index (χ0) is 23.2. The van der Waals surface area contributed by atoms with Crippen LogP contribution in [-0.2, 0) is 9.59 Å². The molecule has 0 aliphatic carbocycles. The van der Waals surface area contributed by atoms with Crippen LogP contribution in [0.1, 0.15) is 31.7 Å². The fourth-order valence-electron chi connectivity index (χ4n) is 4.37. The van der Waals surface area contributed by atoms with E-state index in [9.17, 15) is 14.0 Å². The minimum absolute atomic E-state index is 0.0637. The third kappa shape index (κ3) is 6.03. The van der Waals surface area contributed by atoms with Crippen LogP contribution in [0.4, 0.5) is 10.1 Å². The lowest BCUT2D eigenvalue weighted by atomic mass is 10.0. The molecule has 2 aliphatic rings. The number of benzene rings is 2. The van der Waals surface area contributed by atoms with Crippen molar-refractivity contribution in [3.05, 3.63) is 64.8 Å². The topological polar surface area (TPSA) is 52.7 Å². The lowest BCUT2D eigenvalue weighted by Crippen LogP contribution is -2.43. The van der Waals surface area contributed by atoms with E-state index in [-0.39, 0.29) is 24.2 Å². The second kappa shape index (κ2) is 11.0. The van der Waals surface area contributed by atoms with E-state index in [0.717, 1.165) is 36.9 Å². The first-order chi connectivity index (χ1) is 16.0. The van der Waals surface area contributed by atoms with E-state index in [4.69, 9.17) is 0 Å². The molecule has 5 nitrogen and oxygen atoms in total. The summed E-state index contributed by atoms with van der Waals surface area (Å²) < 4.78 is 14.2. The van der Waals surface area contributed by atoms with Crippen LogP contribution in [0.25, 0.3) is 6.08 Å². The average molecular weight is 468 g/mol. The number of thioether (sulfide) groups is 1. The van der Waals surface area contributed by atoms with Gasteiger partial charge < -0.3 is 10.2 Å². The minimum atomic E-state index is -0.385. The number of halogens is 1.